The van der Waals surface area contributed by atoms with Crippen molar-refractivity contribution >= 4 is 28.6 Å². The number of anilines is 1. The molecule has 8 heteroatoms. The van der Waals surface area contributed by atoms with E-state index in [-0.39, 0.29) is 24.5 Å². The van der Waals surface area contributed by atoms with Crippen LogP contribution in [0.1, 0.15) is 36.4 Å². The van der Waals surface area contributed by atoms with Crippen LogP contribution in [0.4, 0.5) is 10.5 Å². The number of aromatic amines is 1. The largest absolute Gasteiger partial charge is 0.446 e. The van der Waals surface area contributed by atoms with E-state index in [1.807, 2.05) is 19.2 Å². The smallest absolute Gasteiger partial charge is 0.411 e. The summed E-state index contributed by atoms with van der Waals surface area (Å²) in [4.78, 5) is 25.7. The maximum Gasteiger partial charge on any atom is 0.411 e. The van der Waals surface area contributed by atoms with Crippen LogP contribution < -0.4 is 5.32 Å². The van der Waals surface area contributed by atoms with E-state index in [4.69, 9.17) is 4.74 Å². The number of hydrogen-bond acceptors (Lipinski definition) is 5. The van der Waals surface area contributed by atoms with Gasteiger partial charge in [-0.1, -0.05) is 0 Å². The number of carbonyl (C=O) groups is 2. The lowest BCUT2D eigenvalue weighted by Gasteiger charge is -2.28. The van der Waals surface area contributed by atoms with Gasteiger partial charge in [-0.3, -0.25) is 15.2 Å². The molecule has 0 bridgehead atoms. The van der Waals surface area contributed by atoms with E-state index in [9.17, 15) is 14.7 Å². The Morgan fingerprint density at radius 1 is 1.35 bits per heavy atom. The van der Waals surface area contributed by atoms with Gasteiger partial charge in [0.2, 0.25) is 5.91 Å². The van der Waals surface area contributed by atoms with Crippen molar-refractivity contribution in [3.05, 3.63) is 23.4 Å². The zero-order valence-corrected chi connectivity index (χ0v) is 14.6. The number of nitrogens with one attached hydrogen (secondary N) is 2. The number of fused-ring (bicyclic) bond motifs is 2. The van der Waals surface area contributed by atoms with Crippen LogP contribution in [0.15, 0.2) is 12.1 Å². The molecule has 8 nitrogen and oxygen atoms in total. The average molecular weight is 358 g/mol. The summed E-state index contributed by atoms with van der Waals surface area (Å²) in [5.41, 5.74) is 3.36. The molecule has 0 spiro atoms. The highest BCUT2D eigenvalue weighted by Crippen LogP contribution is 2.35. The monoisotopic (exact) mass is 358 g/mol. The van der Waals surface area contributed by atoms with Gasteiger partial charge in [0.15, 0.2) is 0 Å². The first-order valence-corrected chi connectivity index (χ1v) is 8.88. The molecule has 0 saturated carbocycles. The Labute approximate surface area is 150 Å². The zero-order chi connectivity index (χ0) is 18.3. The van der Waals surface area contributed by atoms with E-state index in [0.29, 0.717) is 24.9 Å². The van der Waals surface area contributed by atoms with Gasteiger partial charge in [-0.25, -0.2) is 4.79 Å². The van der Waals surface area contributed by atoms with E-state index in [1.165, 1.54) is 0 Å². The molecule has 2 aliphatic heterocycles. The van der Waals surface area contributed by atoms with Crippen LogP contribution in [0.25, 0.3) is 10.9 Å². The molecule has 0 radical (unpaired) electrons. The number of piperidine rings is 1. The average Bonchev–Trinajstić information content (AvgIpc) is 2.93. The lowest BCUT2D eigenvalue weighted by Crippen LogP contribution is -2.34. The number of aliphatic hydroxyl groups is 1. The molecule has 26 heavy (non-hydrogen) atoms. The molecule has 1 fully saturated rings. The number of carbonyl (C=O) groups excluding carboxylic acids is 2. The number of H-pyrrole nitrogens is 1. The van der Waals surface area contributed by atoms with Crippen molar-refractivity contribution in [2.45, 2.75) is 37.7 Å². The Morgan fingerprint density at radius 2 is 2.19 bits per heavy atom. The molecule has 1 aromatic heterocycles. The third-order valence-corrected chi connectivity index (χ3v) is 5.29. The van der Waals surface area contributed by atoms with Crippen molar-refractivity contribution in [3.8, 4) is 0 Å². The molecule has 3 heterocycles. The minimum Gasteiger partial charge on any atom is -0.446 e. The van der Waals surface area contributed by atoms with Crippen molar-refractivity contribution < 1.29 is 19.4 Å². The van der Waals surface area contributed by atoms with E-state index < -0.39 is 6.09 Å². The van der Waals surface area contributed by atoms with E-state index in [0.717, 1.165) is 35.1 Å². The van der Waals surface area contributed by atoms with Gasteiger partial charge >= 0.3 is 6.09 Å². The Hall–Kier alpha value is -2.61. The van der Waals surface area contributed by atoms with Gasteiger partial charge in [0, 0.05) is 62.1 Å². The number of cyclic esters (lactones) is 1. The molecular weight excluding hydrogens is 336 g/mol. The fourth-order valence-corrected chi connectivity index (χ4v) is 3.79. The number of likely N-dealkylation sites (tertiary alicyclic amines) is 1. The quantitative estimate of drug-likeness (QED) is 0.775. The van der Waals surface area contributed by atoms with Gasteiger partial charge in [0.1, 0.15) is 6.10 Å². The topological polar surface area (TPSA) is 108 Å². The number of benzene rings is 1. The van der Waals surface area contributed by atoms with Crippen molar-refractivity contribution in [1.82, 2.24) is 15.1 Å². The van der Waals surface area contributed by atoms with Crippen molar-refractivity contribution in [2.24, 2.45) is 0 Å². The molecule has 2 unspecified atom stereocenters. The second-order valence-corrected chi connectivity index (χ2v) is 7.04. The summed E-state index contributed by atoms with van der Waals surface area (Å²) < 4.78 is 5.32. The van der Waals surface area contributed by atoms with Crippen LogP contribution in [0.3, 0.4) is 0 Å². The number of aromatic nitrogens is 2. The number of amides is 2. The maximum atomic E-state index is 12.1. The van der Waals surface area contributed by atoms with Gasteiger partial charge in [-0.2, -0.15) is 5.10 Å². The molecular formula is C18H22N4O4. The maximum absolute atomic E-state index is 12.1. The zero-order valence-electron chi connectivity index (χ0n) is 14.6. The molecule has 2 atom stereocenters. The third kappa shape index (κ3) is 3.01. The predicted molar refractivity (Wildman–Crippen MR) is 95.0 cm³/mol. The summed E-state index contributed by atoms with van der Waals surface area (Å²) in [7, 11) is 1.83. The molecule has 4 rings (SSSR count). The number of aliphatic hydroxyl groups excluding tert-OH is 1. The minimum absolute atomic E-state index is 0.0375. The van der Waals surface area contributed by atoms with Gasteiger partial charge in [-0.05, 0) is 24.1 Å². The fourth-order valence-electron chi connectivity index (χ4n) is 3.79. The van der Waals surface area contributed by atoms with Crippen LogP contribution in [0.5, 0.6) is 0 Å². The van der Waals surface area contributed by atoms with Gasteiger partial charge in [-0.15, -0.1) is 0 Å². The van der Waals surface area contributed by atoms with Gasteiger partial charge < -0.3 is 14.7 Å². The standard InChI is InChI=1S/C18H22N4O4/c1-22-4-2-10(8-16(22)24)17-13-7-11-6-12(3-5-23)26-18(25)19-14(11)9-15(13)20-21-17/h7,9-10,12,23H,2-6,8H2,1H3,(H,19,25)(H,20,21). The van der Waals surface area contributed by atoms with Crippen molar-refractivity contribution in [2.75, 3.05) is 25.5 Å². The minimum atomic E-state index is -0.516. The van der Waals surface area contributed by atoms with E-state index in [1.54, 1.807) is 4.90 Å². The van der Waals surface area contributed by atoms with Gasteiger partial charge in [0.25, 0.3) is 0 Å². The van der Waals surface area contributed by atoms with Crippen LogP contribution in [0, 0.1) is 0 Å². The van der Waals surface area contributed by atoms with E-state index >= 15 is 0 Å². The first-order chi connectivity index (χ1) is 12.5. The Kier molecular flexibility index (Phi) is 4.28. The molecule has 3 N–H and O–H groups in total. The Balaban J connectivity index is 1.70. The second kappa shape index (κ2) is 6.60. The van der Waals surface area contributed by atoms with E-state index in [2.05, 4.69) is 15.5 Å². The number of rotatable bonds is 3. The number of ether oxygens (including phenoxy) is 1. The highest BCUT2D eigenvalue weighted by Gasteiger charge is 2.28. The first kappa shape index (κ1) is 16.8. The second-order valence-electron chi connectivity index (χ2n) is 7.04. The SMILES string of the molecule is CN1CCC(c2[nH]nc3cc4c(cc23)CC(CCO)OC(=O)N4)CC1=O. The Morgan fingerprint density at radius 3 is 2.96 bits per heavy atom. The summed E-state index contributed by atoms with van der Waals surface area (Å²) in [6.45, 7) is 0.696. The molecule has 2 amide bonds. The normalized spacial score (nSPS) is 23.4. The summed E-state index contributed by atoms with van der Waals surface area (Å²) in [6, 6.07) is 3.86. The molecule has 1 aromatic carbocycles. The first-order valence-electron chi connectivity index (χ1n) is 8.88. The van der Waals surface area contributed by atoms with Crippen molar-refractivity contribution in [3.63, 3.8) is 0 Å². The lowest BCUT2D eigenvalue weighted by molar-refractivity contribution is -0.132. The molecule has 1 saturated heterocycles. The highest BCUT2D eigenvalue weighted by atomic mass is 16.6. The van der Waals surface area contributed by atoms with Crippen LogP contribution >= 0.6 is 0 Å². The molecule has 0 aliphatic carbocycles. The summed E-state index contributed by atoms with van der Waals surface area (Å²) >= 11 is 0. The number of hydrogen-bond donors (Lipinski definition) is 3. The number of nitrogens with zero attached hydrogens (tertiary/aromatic N) is 2. The van der Waals surface area contributed by atoms with Crippen molar-refractivity contribution in [1.29, 1.82) is 0 Å². The van der Waals surface area contributed by atoms with Crippen LogP contribution in [0.2, 0.25) is 0 Å². The van der Waals surface area contributed by atoms with Gasteiger partial charge in [0.05, 0.1) is 5.52 Å². The summed E-state index contributed by atoms with van der Waals surface area (Å²) in [5, 5.41) is 20.4. The predicted octanol–water partition coefficient (Wildman–Crippen LogP) is 1.75. The Bertz CT molecular complexity index is 862. The summed E-state index contributed by atoms with van der Waals surface area (Å²) in [5.74, 6) is 0.258. The molecule has 2 aromatic rings. The molecule has 2 aliphatic rings. The van der Waals surface area contributed by atoms with Crippen LogP contribution in [-0.2, 0) is 16.0 Å². The highest BCUT2D eigenvalue weighted by molar-refractivity contribution is 5.93. The third-order valence-electron chi connectivity index (χ3n) is 5.29. The molecule has 138 valence electrons. The van der Waals surface area contributed by atoms with Crippen LogP contribution in [-0.4, -0.2) is 58.5 Å². The lowest BCUT2D eigenvalue weighted by atomic mass is 9.90. The summed E-state index contributed by atoms with van der Waals surface area (Å²) in [6.07, 6.45) is 1.41. The fraction of sp³-hybridized carbons (Fsp3) is 0.500.